The number of nitrogens with zero attached hydrogens (tertiary/aromatic N) is 5. The maximum atomic E-state index is 11.5. The van der Waals surface area contributed by atoms with Gasteiger partial charge in [-0.05, 0) is 96.9 Å². The molecule has 6 heterocycles. The predicted octanol–water partition coefficient (Wildman–Crippen LogP) is 3.83. The van der Waals surface area contributed by atoms with Gasteiger partial charge in [-0.15, -0.1) is 11.4 Å². The van der Waals surface area contributed by atoms with Crippen LogP contribution in [0.25, 0.3) is 23.7 Å². The van der Waals surface area contributed by atoms with E-state index in [1.807, 2.05) is 60.8 Å². The molecule has 0 aliphatic carbocycles. The molecule has 0 spiro atoms. The van der Waals surface area contributed by atoms with Crippen molar-refractivity contribution in [2.75, 3.05) is 0 Å². The summed E-state index contributed by atoms with van der Waals surface area (Å²) in [6.07, 6.45) is 21.7. The summed E-state index contributed by atoms with van der Waals surface area (Å²) in [5, 5.41) is 23.8. The number of hydrogen-bond acceptors (Lipinski definition) is 6. The van der Waals surface area contributed by atoms with Gasteiger partial charge in [0.15, 0.2) is 0 Å². The summed E-state index contributed by atoms with van der Waals surface area (Å²) in [7, 11) is 0. The third-order valence-corrected chi connectivity index (χ3v) is 8.55. The summed E-state index contributed by atoms with van der Waals surface area (Å²) in [5.74, 6) is -1.22. The normalized spacial score (nSPS) is 18.0. The van der Waals surface area contributed by atoms with Gasteiger partial charge in [0.1, 0.15) is 0 Å². The minimum absolute atomic E-state index is 0. The van der Waals surface area contributed by atoms with Gasteiger partial charge >= 0.3 is 19.5 Å². The Balaban J connectivity index is 0.00000372. The first-order valence-corrected chi connectivity index (χ1v) is 15.1. The fourth-order valence-electron chi connectivity index (χ4n) is 6.18. The first kappa shape index (κ1) is 31.1. The zero-order valence-electron chi connectivity index (χ0n) is 25.9. The fraction of sp³-hybridized carbons (Fsp3) is 0.158. The van der Waals surface area contributed by atoms with Gasteiger partial charge in [-0.25, -0.2) is 20.0 Å². The van der Waals surface area contributed by atoms with Crippen LogP contribution in [0.4, 0.5) is 0 Å². The monoisotopic (exact) mass is 690 g/mol. The molecule has 5 aliphatic rings. The standard InChI is InChI=1S/C38H32N5O2.Ru/c1-5-29-21(3)33-17-27-13-15-31(40-27)37(23-7-9-24(10-8-23)38(44)45)32-16-14-28(41-32)18-34-22(4)30(6-2)36(43-34)20-26-12-11-25(39-26)19-35(29)42-33;/h7-20H,5-6H2,1-4H3,(H2-,39,40,41,42,43,44,45);/q-1;+3/p-2. The Kier molecular flexibility index (Phi) is 8.41. The van der Waals surface area contributed by atoms with Crippen molar-refractivity contribution < 1.29 is 29.7 Å². The Morgan fingerprint density at radius 3 is 1.96 bits per heavy atom. The average molecular weight is 690 g/mol. The summed E-state index contributed by atoms with van der Waals surface area (Å²) in [5.41, 5.74) is 13.7. The molecule has 0 unspecified atom stereocenters. The Morgan fingerprint density at radius 1 is 0.674 bits per heavy atom. The molecule has 7 nitrogen and oxygen atoms in total. The number of aromatic nitrogens is 1. The molecule has 1 aromatic heterocycles. The SMILES string of the molecule is CCC1=C(C)C2=NC1=CC1=NC(=Cc3[n-]c(c(C)c3CC)C=C3C=CC(=N3)C(=c3ccc(=C([O-])[O-])cc3)C3=NC(=C2)C=C3)C=C1.[Ru+3]. The van der Waals surface area contributed by atoms with E-state index in [1.165, 1.54) is 11.1 Å². The minimum Gasteiger partial charge on any atom is -0.884 e. The van der Waals surface area contributed by atoms with E-state index in [0.717, 1.165) is 91.8 Å². The first-order valence-electron chi connectivity index (χ1n) is 15.1. The maximum absolute atomic E-state index is 11.5. The molecular formula is C38H30N5O2Ru. The third kappa shape index (κ3) is 5.65. The summed E-state index contributed by atoms with van der Waals surface area (Å²) in [6, 6.07) is 6.64. The Bertz CT molecular complexity index is 2180. The molecule has 7 rings (SSSR count). The van der Waals surface area contributed by atoms with Gasteiger partial charge in [0.25, 0.3) is 0 Å². The number of aliphatic imine (C=N–C) groups is 4. The van der Waals surface area contributed by atoms with Crippen LogP contribution in [0.5, 0.6) is 0 Å². The summed E-state index contributed by atoms with van der Waals surface area (Å²) in [6.45, 7) is 8.48. The van der Waals surface area contributed by atoms with Crippen LogP contribution in [0.2, 0.25) is 0 Å². The Morgan fingerprint density at radius 2 is 1.30 bits per heavy atom. The van der Waals surface area contributed by atoms with Crippen molar-refractivity contribution >= 4 is 46.5 Å². The van der Waals surface area contributed by atoms with Crippen LogP contribution in [0.3, 0.4) is 0 Å². The molecule has 10 bridgehead atoms. The molecule has 0 saturated carbocycles. The smallest absolute Gasteiger partial charge is 0.884 e. The van der Waals surface area contributed by atoms with Crippen molar-refractivity contribution in [1.82, 2.24) is 4.98 Å². The van der Waals surface area contributed by atoms with E-state index in [4.69, 9.17) is 25.0 Å². The molecule has 46 heavy (non-hydrogen) atoms. The van der Waals surface area contributed by atoms with E-state index in [0.29, 0.717) is 0 Å². The molecule has 1 radical (unpaired) electrons. The molecule has 227 valence electrons. The molecule has 1 aromatic carbocycles. The number of allylic oxidation sites excluding steroid dienone is 10. The van der Waals surface area contributed by atoms with Gasteiger partial charge in [0.2, 0.25) is 0 Å². The van der Waals surface area contributed by atoms with E-state index in [1.54, 1.807) is 24.3 Å². The molecule has 0 amide bonds. The van der Waals surface area contributed by atoms with Gasteiger partial charge in [-0.2, -0.15) is 5.95 Å². The molecule has 2 aromatic rings. The van der Waals surface area contributed by atoms with Gasteiger partial charge < -0.3 is 15.2 Å². The summed E-state index contributed by atoms with van der Waals surface area (Å²) < 4.78 is 0. The van der Waals surface area contributed by atoms with Gasteiger partial charge in [-0.3, -0.25) is 0 Å². The van der Waals surface area contributed by atoms with Crippen LogP contribution < -0.4 is 25.6 Å². The zero-order chi connectivity index (χ0) is 31.2. The zero-order valence-corrected chi connectivity index (χ0v) is 27.6. The predicted molar refractivity (Wildman–Crippen MR) is 179 cm³/mol. The van der Waals surface area contributed by atoms with Crippen molar-refractivity contribution in [3.8, 4) is 0 Å². The van der Waals surface area contributed by atoms with E-state index < -0.39 is 5.95 Å². The van der Waals surface area contributed by atoms with Gasteiger partial charge in [-0.1, -0.05) is 61.4 Å². The van der Waals surface area contributed by atoms with Crippen molar-refractivity contribution in [1.29, 1.82) is 0 Å². The molecule has 0 N–H and O–H groups in total. The largest absolute Gasteiger partial charge is 3.00 e. The van der Waals surface area contributed by atoms with Gasteiger partial charge in [0, 0.05) is 5.57 Å². The van der Waals surface area contributed by atoms with E-state index in [2.05, 4.69) is 27.7 Å². The van der Waals surface area contributed by atoms with Crippen molar-refractivity contribution in [3.05, 3.63) is 140 Å². The number of hydrogen-bond donors (Lipinski definition) is 0. The number of rotatable bonds is 2. The Labute approximate surface area is 280 Å². The summed E-state index contributed by atoms with van der Waals surface area (Å²) in [4.78, 5) is 24.9. The second kappa shape index (κ2) is 12.5. The molecule has 0 fully saturated rings. The average Bonchev–Trinajstić information content (AvgIpc) is 3.86. The molecule has 0 saturated heterocycles. The van der Waals surface area contributed by atoms with Crippen LogP contribution in [-0.2, 0) is 25.9 Å². The maximum Gasteiger partial charge on any atom is 3.00 e. The van der Waals surface area contributed by atoms with Crippen LogP contribution in [0, 0.1) is 6.92 Å². The second-order valence-corrected chi connectivity index (χ2v) is 11.3. The third-order valence-electron chi connectivity index (χ3n) is 8.55. The van der Waals surface area contributed by atoms with Crippen LogP contribution in [-0.4, -0.2) is 22.8 Å². The van der Waals surface area contributed by atoms with E-state index in [9.17, 15) is 10.2 Å². The minimum atomic E-state index is -1.22. The van der Waals surface area contributed by atoms with E-state index in [-0.39, 0.29) is 24.7 Å². The number of fused-ring (bicyclic) bond motifs is 6. The molecule has 5 aliphatic heterocycles. The first-order chi connectivity index (χ1) is 21.8. The molecular weight excluding hydrogens is 660 g/mol. The van der Waals surface area contributed by atoms with Crippen molar-refractivity contribution in [2.45, 2.75) is 40.5 Å². The fourth-order valence-corrected chi connectivity index (χ4v) is 6.18. The Hall–Kier alpha value is -4.94. The van der Waals surface area contributed by atoms with Crippen molar-refractivity contribution in [2.24, 2.45) is 20.0 Å². The van der Waals surface area contributed by atoms with Crippen molar-refractivity contribution in [3.63, 3.8) is 0 Å². The second-order valence-electron chi connectivity index (χ2n) is 11.3. The van der Waals surface area contributed by atoms with Gasteiger partial charge in [0.05, 0.1) is 45.6 Å². The van der Waals surface area contributed by atoms with E-state index >= 15 is 0 Å². The van der Waals surface area contributed by atoms with Crippen LogP contribution in [0.1, 0.15) is 49.7 Å². The quantitative estimate of drug-likeness (QED) is 0.448. The molecule has 0 atom stereocenters. The van der Waals surface area contributed by atoms with Crippen LogP contribution >= 0.6 is 0 Å². The number of benzene rings is 1. The van der Waals surface area contributed by atoms with Crippen LogP contribution in [0.15, 0.2) is 127 Å². The topological polar surface area (TPSA) is 110 Å². The molecule has 8 heteroatoms. The summed E-state index contributed by atoms with van der Waals surface area (Å²) >= 11 is 0.